The molecule has 2 N–H and O–H groups in total. The Morgan fingerprint density at radius 2 is 1.90 bits per heavy atom. The molecule has 0 bridgehead atoms. The van der Waals surface area contributed by atoms with Crippen LogP contribution in [0.4, 0.5) is 0 Å². The Hall–Kier alpha value is -2.79. The molecule has 1 saturated heterocycles. The number of likely N-dealkylation sites (tertiary alicyclic amines) is 1. The summed E-state index contributed by atoms with van der Waals surface area (Å²) in [5.41, 5.74) is 3.46. The van der Waals surface area contributed by atoms with Gasteiger partial charge in [0.25, 0.3) is 0 Å². The third kappa shape index (κ3) is 4.98. The van der Waals surface area contributed by atoms with Gasteiger partial charge in [-0.05, 0) is 61.2 Å². The SMILES string of the molecule is COc1ccc(CN2CCC(CNC(=O)Cc3c[nH]c4ccccc34)CC2)cc1. The van der Waals surface area contributed by atoms with Crippen LogP contribution in [0.25, 0.3) is 10.9 Å². The van der Waals surface area contributed by atoms with Crippen molar-refractivity contribution in [2.75, 3.05) is 26.7 Å². The number of fused-ring (bicyclic) bond motifs is 1. The zero-order chi connectivity index (χ0) is 20.1. The van der Waals surface area contributed by atoms with Gasteiger partial charge in [0, 0.05) is 30.2 Å². The summed E-state index contributed by atoms with van der Waals surface area (Å²) in [4.78, 5) is 18.1. The number of carbonyl (C=O) groups excluding carboxylic acids is 1. The Morgan fingerprint density at radius 1 is 1.14 bits per heavy atom. The number of hydrogen-bond donors (Lipinski definition) is 2. The summed E-state index contributed by atoms with van der Waals surface area (Å²) in [6.45, 7) is 3.91. The van der Waals surface area contributed by atoms with Crippen LogP contribution in [0.5, 0.6) is 5.75 Å². The van der Waals surface area contributed by atoms with Crippen molar-refractivity contribution in [3.8, 4) is 5.75 Å². The molecule has 2 aromatic carbocycles. The standard InChI is InChI=1S/C24H29N3O2/c1-29-21-8-6-19(7-9-21)17-27-12-10-18(11-13-27)15-26-24(28)14-20-16-25-23-5-3-2-4-22(20)23/h2-9,16,18,25H,10-15,17H2,1H3,(H,26,28). The molecule has 0 aliphatic carbocycles. The summed E-state index contributed by atoms with van der Waals surface area (Å²) in [5.74, 6) is 1.57. The van der Waals surface area contributed by atoms with Crippen LogP contribution in [0, 0.1) is 5.92 Å². The van der Waals surface area contributed by atoms with Crippen molar-refractivity contribution < 1.29 is 9.53 Å². The van der Waals surface area contributed by atoms with Crippen molar-refractivity contribution in [1.82, 2.24) is 15.2 Å². The molecule has 1 aliphatic heterocycles. The average molecular weight is 392 g/mol. The van der Waals surface area contributed by atoms with Gasteiger partial charge in [-0.1, -0.05) is 30.3 Å². The fraction of sp³-hybridized carbons (Fsp3) is 0.375. The minimum atomic E-state index is 0.107. The summed E-state index contributed by atoms with van der Waals surface area (Å²) in [7, 11) is 1.69. The zero-order valence-electron chi connectivity index (χ0n) is 17.0. The van der Waals surface area contributed by atoms with Crippen LogP contribution < -0.4 is 10.1 Å². The third-order valence-corrected chi connectivity index (χ3v) is 5.89. The molecule has 1 amide bonds. The maximum absolute atomic E-state index is 12.4. The Bertz CT molecular complexity index is 940. The number of piperidine rings is 1. The fourth-order valence-corrected chi connectivity index (χ4v) is 4.11. The van der Waals surface area contributed by atoms with E-state index in [0.717, 1.165) is 61.2 Å². The lowest BCUT2D eigenvalue weighted by molar-refractivity contribution is -0.120. The molecule has 0 unspecified atom stereocenters. The number of rotatable bonds is 7. The summed E-state index contributed by atoms with van der Waals surface area (Å²) >= 11 is 0. The number of para-hydroxylation sites is 1. The van der Waals surface area contributed by atoms with E-state index >= 15 is 0 Å². The lowest BCUT2D eigenvalue weighted by Gasteiger charge is -2.32. The number of amides is 1. The lowest BCUT2D eigenvalue weighted by Crippen LogP contribution is -2.38. The van der Waals surface area contributed by atoms with Crippen LogP contribution in [0.3, 0.4) is 0 Å². The van der Waals surface area contributed by atoms with Crippen molar-refractivity contribution in [2.45, 2.75) is 25.8 Å². The van der Waals surface area contributed by atoms with Gasteiger partial charge in [0.2, 0.25) is 5.91 Å². The fourth-order valence-electron chi connectivity index (χ4n) is 4.11. The summed E-state index contributed by atoms with van der Waals surface area (Å²) in [6.07, 6.45) is 4.63. The van der Waals surface area contributed by atoms with Crippen LogP contribution in [-0.4, -0.2) is 42.5 Å². The second-order valence-electron chi connectivity index (χ2n) is 7.91. The van der Waals surface area contributed by atoms with E-state index in [0.29, 0.717) is 12.3 Å². The molecule has 5 heteroatoms. The van der Waals surface area contributed by atoms with E-state index in [-0.39, 0.29) is 5.91 Å². The van der Waals surface area contributed by atoms with Crippen molar-refractivity contribution in [3.05, 3.63) is 65.9 Å². The first-order valence-corrected chi connectivity index (χ1v) is 10.4. The van der Waals surface area contributed by atoms with E-state index in [1.54, 1.807) is 7.11 Å². The molecule has 0 spiro atoms. The van der Waals surface area contributed by atoms with Gasteiger partial charge in [-0.25, -0.2) is 0 Å². The number of aromatic nitrogens is 1. The van der Waals surface area contributed by atoms with Crippen molar-refractivity contribution in [3.63, 3.8) is 0 Å². The molecule has 0 saturated carbocycles. The Labute approximate surface area is 172 Å². The number of H-pyrrole nitrogens is 1. The summed E-state index contributed by atoms with van der Waals surface area (Å²) < 4.78 is 5.22. The van der Waals surface area contributed by atoms with Gasteiger partial charge in [0.05, 0.1) is 13.5 Å². The van der Waals surface area contributed by atoms with Crippen LogP contribution in [0.1, 0.15) is 24.0 Å². The smallest absolute Gasteiger partial charge is 0.224 e. The van der Waals surface area contributed by atoms with E-state index in [9.17, 15) is 4.79 Å². The highest BCUT2D eigenvalue weighted by Crippen LogP contribution is 2.21. The molecule has 3 aromatic rings. The minimum absolute atomic E-state index is 0.107. The van der Waals surface area contributed by atoms with Gasteiger partial charge in [-0.2, -0.15) is 0 Å². The van der Waals surface area contributed by atoms with Crippen molar-refractivity contribution in [2.24, 2.45) is 5.92 Å². The molecule has 0 radical (unpaired) electrons. The molecule has 1 aliphatic rings. The highest BCUT2D eigenvalue weighted by atomic mass is 16.5. The third-order valence-electron chi connectivity index (χ3n) is 5.89. The molecule has 5 nitrogen and oxygen atoms in total. The highest BCUT2D eigenvalue weighted by Gasteiger charge is 2.20. The predicted octanol–water partition coefficient (Wildman–Crippen LogP) is 3.75. The number of nitrogens with one attached hydrogen (secondary N) is 2. The van der Waals surface area contributed by atoms with Crippen LogP contribution in [0.15, 0.2) is 54.7 Å². The number of ether oxygens (including phenoxy) is 1. The number of nitrogens with zero attached hydrogens (tertiary/aromatic N) is 1. The highest BCUT2D eigenvalue weighted by molar-refractivity contribution is 5.88. The molecule has 29 heavy (non-hydrogen) atoms. The van der Waals surface area contributed by atoms with E-state index in [2.05, 4.69) is 33.4 Å². The number of benzene rings is 2. The molecular weight excluding hydrogens is 362 g/mol. The van der Waals surface area contributed by atoms with Gasteiger partial charge in [0.1, 0.15) is 5.75 Å². The topological polar surface area (TPSA) is 57.4 Å². The second-order valence-corrected chi connectivity index (χ2v) is 7.91. The van der Waals surface area contributed by atoms with Crippen LogP contribution in [-0.2, 0) is 17.8 Å². The molecule has 1 aromatic heterocycles. The molecule has 152 valence electrons. The van der Waals surface area contributed by atoms with E-state index < -0.39 is 0 Å². The van der Waals surface area contributed by atoms with Gasteiger partial charge in [0.15, 0.2) is 0 Å². The second kappa shape index (κ2) is 9.14. The maximum Gasteiger partial charge on any atom is 0.224 e. The van der Waals surface area contributed by atoms with Gasteiger partial charge in [-0.15, -0.1) is 0 Å². The number of aromatic amines is 1. The Balaban J connectivity index is 1.20. The van der Waals surface area contributed by atoms with E-state index in [4.69, 9.17) is 4.74 Å². The first-order chi connectivity index (χ1) is 14.2. The predicted molar refractivity (Wildman–Crippen MR) is 116 cm³/mol. The monoisotopic (exact) mass is 391 g/mol. The number of carbonyl (C=O) groups is 1. The van der Waals surface area contributed by atoms with Crippen LogP contribution in [0.2, 0.25) is 0 Å². The molecule has 0 atom stereocenters. The molecule has 4 rings (SSSR count). The molecule has 2 heterocycles. The maximum atomic E-state index is 12.4. The summed E-state index contributed by atoms with van der Waals surface area (Å²) in [6, 6.07) is 16.4. The number of methoxy groups -OCH3 is 1. The van der Waals surface area contributed by atoms with Gasteiger partial charge < -0.3 is 15.0 Å². The molecular formula is C24H29N3O2. The van der Waals surface area contributed by atoms with Crippen molar-refractivity contribution >= 4 is 16.8 Å². The number of hydrogen-bond acceptors (Lipinski definition) is 3. The average Bonchev–Trinajstić information content (AvgIpc) is 3.17. The Morgan fingerprint density at radius 3 is 2.66 bits per heavy atom. The van der Waals surface area contributed by atoms with E-state index in [1.807, 2.05) is 36.5 Å². The van der Waals surface area contributed by atoms with Gasteiger partial charge >= 0.3 is 0 Å². The van der Waals surface area contributed by atoms with Crippen molar-refractivity contribution in [1.29, 1.82) is 0 Å². The lowest BCUT2D eigenvalue weighted by atomic mass is 9.96. The molecule has 1 fully saturated rings. The Kier molecular flexibility index (Phi) is 6.15. The zero-order valence-corrected chi connectivity index (χ0v) is 17.0. The summed E-state index contributed by atoms with van der Waals surface area (Å²) in [5, 5.41) is 4.28. The largest absolute Gasteiger partial charge is 0.497 e. The van der Waals surface area contributed by atoms with Gasteiger partial charge in [-0.3, -0.25) is 9.69 Å². The normalized spacial score (nSPS) is 15.5. The minimum Gasteiger partial charge on any atom is -0.497 e. The van der Waals surface area contributed by atoms with E-state index in [1.165, 1.54) is 5.56 Å². The first-order valence-electron chi connectivity index (χ1n) is 10.4. The first kappa shape index (κ1) is 19.5. The van der Waals surface area contributed by atoms with Crippen LogP contribution >= 0.6 is 0 Å². The quantitative estimate of drug-likeness (QED) is 0.645.